The first-order valence-electron chi connectivity index (χ1n) is 8.74. The van der Waals surface area contributed by atoms with Crippen LogP contribution in [0.4, 0.5) is 5.13 Å². The smallest absolute Gasteiger partial charge is 0.226 e. The number of fused-ring (bicyclic) bond motifs is 1. The van der Waals surface area contributed by atoms with E-state index in [0.717, 1.165) is 31.5 Å². The van der Waals surface area contributed by atoms with Gasteiger partial charge in [0.2, 0.25) is 5.91 Å². The molecule has 0 aliphatic heterocycles. The molecule has 0 spiro atoms. The zero-order chi connectivity index (χ0) is 19.2. The molecule has 0 saturated carbocycles. The minimum Gasteiger partial charge on any atom is -0.493 e. The predicted octanol–water partition coefficient (Wildman–Crippen LogP) is 5.27. The summed E-state index contributed by atoms with van der Waals surface area (Å²) in [6.07, 6.45) is 1.95. The second kappa shape index (κ2) is 9.36. The number of aromatic nitrogens is 1. The first kappa shape index (κ1) is 19.9. The number of anilines is 1. The average molecular weight is 496 g/mol. The Bertz CT molecular complexity index is 942. The van der Waals surface area contributed by atoms with Gasteiger partial charge in [0.1, 0.15) is 0 Å². The van der Waals surface area contributed by atoms with Gasteiger partial charge in [-0.25, -0.2) is 4.98 Å². The second-order valence-corrected chi connectivity index (χ2v) is 8.29. The highest BCUT2D eigenvalue weighted by atomic mass is 127. The number of ether oxygens (including phenoxy) is 2. The molecule has 27 heavy (non-hydrogen) atoms. The Labute approximate surface area is 176 Å². The number of carbonyl (C=O) groups excluding carboxylic acids is 1. The van der Waals surface area contributed by atoms with Crippen molar-refractivity contribution in [3.8, 4) is 11.5 Å². The average Bonchev–Trinajstić information content (AvgIpc) is 3.06. The molecular formula is C20H21IN2O3S. The van der Waals surface area contributed by atoms with Gasteiger partial charge in [0.25, 0.3) is 0 Å². The Hall–Kier alpha value is -1.87. The Balaban J connectivity index is 1.59. The summed E-state index contributed by atoms with van der Waals surface area (Å²) in [6.45, 7) is 2.71. The zero-order valence-electron chi connectivity index (χ0n) is 15.3. The van der Waals surface area contributed by atoms with Crippen molar-refractivity contribution in [2.75, 3.05) is 19.0 Å². The first-order valence-corrected chi connectivity index (χ1v) is 10.6. The minimum atomic E-state index is -0.0472. The highest BCUT2D eigenvalue weighted by Gasteiger charge is 2.10. The van der Waals surface area contributed by atoms with Gasteiger partial charge in [-0.05, 0) is 71.3 Å². The molecule has 5 nitrogen and oxygen atoms in total. The summed E-state index contributed by atoms with van der Waals surface area (Å²) in [5, 5.41) is 3.54. The Morgan fingerprint density at radius 2 is 2.07 bits per heavy atom. The third-order valence-electron chi connectivity index (χ3n) is 3.93. The van der Waals surface area contributed by atoms with Crippen molar-refractivity contribution in [2.24, 2.45) is 0 Å². The number of aryl methyl sites for hydroxylation is 1. The lowest BCUT2D eigenvalue weighted by Gasteiger charge is -2.11. The fourth-order valence-electron chi connectivity index (χ4n) is 2.59. The monoisotopic (exact) mass is 496 g/mol. The number of thiazole rings is 1. The molecular weight excluding hydrogens is 475 g/mol. The molecule has 1 heterocycles. The third-order valence-corrected chi connectivity index (χ3v) is 5.53. The van der Waals surface area contributed by atoms with Crippen molar-refractivity contribution in [3.05, 3.63) is 45.5 Å². The molecule has 3 rings (SSSR count). The van der Waals surface area contributed by atoms with Crippen LogP contribution in [0.3, 0.4) is 0 Å². The number of nitrogens with zero attached hydrogens (tertiary/aromatic N) is 1. The maximum Gasteiger partial charge on any atom is 0.226 e. The van der Waals surface area contributed by atoms with E-state index in [2.05, 4.69) is 45.9 Å². The van der Waals surface area contributed by atoms with Gasteiger partial charge in [-0.2, -0.15) is 0 Å². The van der Waals surface area contributed by atoms with Gasteiger partial charge in [-0.15, -0.1) is 0 Å². The number of halogens is 1. The zero-order valence-corrected chi connectivity index (χ0v) is 18.2. The van der Waals surface area contributed by atoms with E-state index in [0.29, 0.717) is 30.3 Å². The van der Waals surface area contributed by atoms with E-state index in [1.807, 2.05) is 30.3 Å². The van der Waals surface area contributed by atoms with Crippen LogP contribution in [0.1, 0.15) is 25.3 Å². The number of hydrogen-bond donors (Lipinski definition) is 1. The van der Waals surface area contributed by atoms with E-state index in [-0.39, 0.29) is 5.91 Å². The SMILES string of the molecule is CCCOc1ccc(CCC(=O)Nc2nc3ccc(I)cc3s2)cc1OC. The van der Waals surface area contributed by atoms with Crippen LogP contribution < -0.4 is 14.8 Å². The van der Waals surface area contributed by atoms with Crippen LogP contribution in [-0.2, 0) is 11.2 Å². The molecule has 2 aromatic carbocycles. The van der Waals surface area contributed by atoms with E-state index in [9.17, 15) is 4.79 Å². The van der Waals surface area contributed by atoms with Crippen molar-refractivity contribution in [1.82, 2.24) is 4.98 Å². The summed E-state index contributed by atoms with van der Waals surface area (Å²) >= 11 is 3.76. The first-order chi connectivity index (χ1) is 13.1. The lowest BCUT2D eigenvalue weighted by Crippen LogP contribution is -2.12. The standard InChI is InChI=1S/C20H21IN2O3S/c1-3-10-26-16-8-4-13(11-17(16)25-2)5-9-19(24)23-20-22-15-7-6-14(21)12-18(15)27-20/h4,6-8,11-12H,3,5,9-10H2,1-2H3,(H,22,23,24). The van der Waals surface area contributed by atoms with Crippen LogP contribution in [0.2, 0.25) is 0 Å². The van der Waals surface area contributed by atoms with Crippen LogP contribution in [0.5, 0.6) is 11.5 Å². The number of methoxy groups -OCH3 is 1. The molecule has 0 unspecified atom stereocenters. The lowest BCUT2D eigenvalue weighted by molar-refractivity contribution is -0.116. The number of amides is 1. The number of carbonyl (C=O) groups is 1. The van der Waals surface area contributed by atoms with Crippen molar-refractivity contribution in [3.63, 3.8) is 0 Å². The van der Waals surface area contributed by atoms with Gasteiger partial charge in [0, 0.05) is 9.99 Å². The van der Waals surface area contributed by atoms with Gasteiger partial charge in [-0.3, -0.25) is 4.79 Å². The van der Waals surface area contributed by atoms with Crippen LogP contribution in [-0.4, -0.2) is 24.6 Å². The highest BCUT2D eigenvalue weighted by Crippen LogP contribution is 2.29. The van der Waals surface area contributed by atoms with E-state index < -0.39 is 0 Å². The van der Waals surface area contributed by atoms with Crippen molar-refractivity contribution < 1.29 is 14.3 Å². The van der Waals surface area contributed by atoms with Crippen LogP contribution >= 0.6 is 33.9 Å². The maximum absolute atomic E-state index is 12.3. The number of rotatable bonds is 8. The molecule has 3 aromatic rings. The summed E-state index contributed by atoms with van der Waals surface area (Å²) in [6, 6.07) is 11.8. The molecule has 0 bridgehead atoms. The largest absolute Gasteiger partial charge is 0.493 e. The lowest BCUT2D eigenvalue weighted by atomic mass is 10.1. The molecule has 142 valence electrons. The maximum atomic E-state index is 12.3. The van der Waals surface area contributed by atoms with Gasteiger partial charge < -0.3 is 14.8 Å². The van der Waals surface area contributed by atoms with Gasteiger partial charge >= 0.3 is 0 Å². The van der Waals surface area contributed by atoms with Gasteiger partial charge in [-0.1, -0.05) is 24.3 Å². The molecule has 1 N–H and O–H groups in total. The number of nitrogens with one attached hydrogen (secondary N) is 1. The normalized spacial score (nSPS) is 10.8. The highest BCUT2D eigenvalue weighted by molar-refractivity contribution is 14.1. The van der Waals surface area contributed by atoms with E-state index in [1.54, 1.807) is 7.11 Å². The molecule has 0 atom stereocenters. The minimum absolute atomic E-state index is 0.0472. The fourth-order valence-corrected chi connectivity index (χ4v) is 4.21. The molecule has 0 aliphatic carbocycles. The molecule has 0 aliphatic rings. The van der Waals surface area contributed by atoms with Crippen molar-refractivity contribution in [1.29, 1.82) is 0 Å². The summed E-state index contributed by atoms with van der Waals surface area (Å²) in [7, 11) is 1.62. The fraction of sp³-hybridized carbons (Fsp3) is 0.300. The van der Waals surface area contributed by atoms with Crippen LogP contribution in [0.15, 0.2) is 36.4 Å². The molecule has 7 heteroatoms. The number of hydrogen-bond acceptors (Lipinski definition) is 5. The molecule has 0 radical (unpaired) electrons. The van der Waals surface area contributed by atoms with Crippen molar-refractivity contribution in [2.45, 2.75) is 26.2 Å². The molecule has 1 amide bonds. The Morgan fingerprint density at radius 1 is 1.22 bits per heavy atom. The van der Waals surface area contributed by atoms with Gasteiger partial charge in [0.05, 0.1) is 23.9 Å². The van der Waals surface area contributed by atoms with Crippen LogP contribution in [0.25, 0.3) is 10.2 Å². The van der Waals surface area contributed by atoms with E-state index in [1.165, 1.54) is 11.3 Å². The summed E-state index contributed by atoms with van der Waals surface area (Å²) in [4.78, 5) is 16.8. The van der Waals surface area contributed by atoms with E-state index >= 15 is 0 Å². The second-order valence-electron chi connectivity index (χ2n) is 6.01. The quantitative estimate of drug-likeness (QED) is 0.432. The summed E-state index contributed by atoms with van der Waals surface area (Å²) in [5.74, 6) is 1.38. The number of benzene rings is 2. The summed E-state index contributed by atoms with van der Waals surface area (Å²) in [5.41, 5.74) is 1.94. The Kier molecular flexibility index (Phi) is 6.89. The van der Waals surface area contributed by atoms with Crippen molar-refractivity contribution >= 4 is 55.2 Å². The molecule has 0 saturated heterocycles. The molecule has 1 aromatic heterocycles. The topological polar surface area (TPSA) is 60.5 Å². The Morgan fingerprint density at radius 3 is 2.85 bits per heavy atom. The van der Waals surface area contributed by atoms with E-state index in [4.69, 9.17) is 9.47 Å². The summed E-state index contributed by atoms with van der Waals surface area (Å²) < 4.78 is 13.3. The molecule has 0 fully saturated rings. The van der Waals surface area contributed by atoms with Gasteiger partial charge in [0.15, 0.2) is 16.6 Å². The third kappa shape index (κ3) is 5.32. The predicted molar refractivity (Wildman–Crippen MR) is 118 cm³/mol. The van der Waals surface area contributed by atoms with Crippen LogP contribution in [0, 0.1) is 3.57 Å².